The molecule has 0 saturated heterocycles. The molecule has 0 atom stereocenters. The lowest BCUT2D eigenvalue weighted by Crippen LogP contribution is -2.16. The molecular formula is C24H22ClFN4O6S. The third-order valence-electron chi connectivity index (χ3n) is 4.75. The van der Waals surface area contributed by atoms with Gasteiger partial charge in [0.2, 0.25) is 5.91 Å². The fourth-order valence-corrected chi connectivity index (χ4v) is 4.07. The Hall–Kier alpha value is -3.90. The number of methoxy groups -OCH3 is 2. The molecular weight excluding hydrogens is 527 g/mol. The number of thioether (sulfide) groups is 1. The van der Waals surface area contributed by atoms with Gasteiger partial charge in [0, 0.05) is 12.2 Å². The molecule has 0 spiro atoms. The molecule has 0 bridgehead atoms. The highest BCUT2D eigenvalue weighted by Gasteiger charge is 2.17. The van der Waals surface area contributed by atoms with Gasteiger partial charge in [-0.05, 0) is 36.4 Å². The number of aromatic nitrogens is 3. The Bertz CT molecular complexity index is 1300. The molecule has 13 heteroatoms. The average molecular weight is 549 g/mol. The summed E-state index contributed by atoms with van der Waals surface area (Å²) in [4.78, 5) is 36.5. The number of halogens is 2. The molecule has 3 aromatic rings. The maximum atomic E-state index is 13.3. The van der Waals surface area contributed by atoms with E-state index < -0.39 is 23.7 Å². The highest BCUT2D eigenvalue weighted by molar-refractivity contribution is 7.99. The van der Waals surface area contributed by atoms with Gasteiger partial charge in [-0.1, -0.05) is 29.4 Å². The van der Waals surface area contributed by atoms with Crippen LogP contribution in [0.25, 0.3) is 0 Å². The summed E-state index contributed by atoms with van der Waals surface area (Å²) in [6, 6.07) is 7.86. The Labute approximate surface area is 220 Å². The summed E-state index contributed by atoms with van der Waals surface area (Å²) < 4.78 is 30.0. The number of allylic oxidation sites excluding steroid dienone is 1. The van der Waals surface area contributed by atoms with Gasteiger partial charge in [0.05, 0.1) is 36.1 Å². The summed E-state index contributed by atoms with van der Waals surface area (Å²) in [6.45, 7) is 4.07. The van der Waals surface area contributed by atoms with Gasteiger partial charge in [0.1, 0.15) is 18.2 Å². The third-order valence-corrected chi connectivity index (χ3v) is 6.01. The number of benzene rings is 2. The second kappa shape index (κ2) is 12.9. The number of carbonyl (C=O) groups is 3. The van der Waals surface area contributed by atoms with Crippen molar-refractivity contribution >= 4 is 46.9 Å². The van der Waals surface area contributed by atoms with Crippen molar-refractivity contribution in [2.75, 3.05) is 25.3 Å². The van der Waals surface area contributed by atoms with E-state index in [1.165, 1.54) is 44.6 Å². The first-order valence-electron chi connectivity index (χ1n) is 10.6. The van der Waals surface area contributed by atoms with E-state index in [0.29, 0.717) is 17.5 Å². The van der Waals surface area contributed by atoms with Gasteiger partial charge in [-0.15, -0.1) is 16.8 Å². The highest BCUT2D eigenvalue weighted by atomic mass is 35.5. The van der Waals surface area contributed by atoms with Gasteiger partial charge >= 0.3 is 11.9 Å². The van der Waals surface area contributed by atoms with Gasteiger partial charge in [0.15, 0.2) is 11.0 Å². The van der Waals surface area contributed by atoms with E-state index in [4.69, 9.17) is 25.8 Å². The quantitative estimate of drug-likeness (QED) is 0.214. The predicted molar refractivity (Wildman–Crippen MR) is 134 cm³/mol. The van der Waals surface area contributed by atoms with Crippen LogP contribution in [0.15, 0.2) is 54.2 Å². The zero-order valence-corrected chi connectivity index (χ0v) is 21.4. The largest absolute Gasteiger partial charge is 0.484 e. The van der Waals surface area contributed by atoms with Crippen LogP contribution in [0.3, 0.4) is 0 Å². The minimum atomic E-state index is -0.676. The fraction of sp³-hybridized carbons (Fsp3) is 0.208. The maximum absolute atomic E-state index is 13.3. The zero-order chi connectivity index (χ0) is 26.9. The number of carbonyl (C=O) groups excluding carboxylic acids is 3. The van der Waals surface area contributed by atoms with E-state index >= 15 is 0 Å². The first-order valence-corrected chi connectivity index (χ1v) is 12.0. The Morgan fingerprint density at radius 2 is 1.78 bits per heavy atom. The molecule has 0 saturated carbocycles. The number of hydrogen-bond acceptors (Lipinski definition) is 9. The van der Waals surface area contributed by atoms with Gasteiger partial charge in [-0.3, -0.25) is 9.36 Å². The van der Waals surface area contributed by atoms with E-state index in [1.54, 1.807) is 10.6 Å². The van der Waals surface area contributed by atoms with E-state index in [0.717, 1.165) is 17.8 Å². The summed E-state index contributed by atoms with van der Waals surface area (Å²) in [6.07, 6.45) is 1.63. The Morgan fingerprint density at radius 3 is 2.38 bits per heavy atom. The van der Waals surface area contributed by atoms with Gasteiger partial charge < -0.3 is 19.5 Å². The third kappa shape index (κ3) is 7.30. The Balaban J connectivity index is 1.69. The molecule has 10 nitrogen and oxygen atoms in total. The molecule has 0 radical (unpaired) electrons. The molecule has 1 heterocycles. The van der Waals surface area contributed by atoms with Gasteiger partial charge in [0.25, 0.3) is 0 Å². The van der Waals surface area contributed by atoms with E-state index in [9.17, 15) is 18.8 Å². The van der Waals surface area contributed by atoms with Crippen molar-refractivity contribution in [2.45, 2.75) is 18.3 Å². The summed E-state index contributed by atoms with van der Waals surface area (Å²) >= 11 is 7.11. The van der Waals surface area contributed by atoms with Crippen LogP contribution in [0.5, 0.6) is 5.75 Å². The molecule has 0 aliphatic heterocycles. The first-order chi connectivity index (χ1) is 17.7. The molecule has 3 rings (SSSR count). The Kier molecular flexibility index (Phi) is 9.64. The number of ether oxygens (including phenoxy) is 3. The number of esters is 2. The fourth-order valence-electron chi connectivity index (χ4n) is 3.08. The molecule has 0 aliphatic carbocycles. The maximum Gasteiger partial charge on any atom is 0.337 e. The lowest BCUT2D eigenvalue weighted by Gasteiger charge is -2.11. The second-order valence-electron chi connectivity index (χ2n) is 7.28. The molecule has 0 unspecified atom stereocenters. The number of nitrogens with zero attached hydrogens (tertiary/aromatic N) is 3. The van der Waals surface area contributed by atoms with Crippen molar-refractivity contribution in [3.63, 3.8) is 0 Å². The van der Waals surface area contributed by atoms with Crippen LogP contribution >= 0.6 is 23.4 Å². The topological polar surface area (TPSA) is 122 Å². The predicted octanol–water partition coefficient (Wildman–Crippen LogP) is 4.14. The number of hydrogen-bond donors (Lipinski definition) is 1. The lowest BCUT2D eigenvalue weighted by atomic mass is 10.1. The van der Waals surface area contributed by atoms with E-state index in [-0.39, 0.29) is 39.9 Å². The molecule has 1 aromatic heterocycles. The van der Waals surface area contributed by atoms with Crippen molar-refractivity contribution in [3.8, 4) is 5.75 Å². The summed E-state index contributed by atoms with van der Waals surface area (Å²) in [5.41, 5.74) is 0.363. The monoisotopic (exact) mass is 548 g/mol. The number of rotatable bonds is 11. The van der Waals surface area contributed by atoms with Crippen LogP contribution in [0.4, 0.5) is 10.1 Å². The summed E-state index contributed by atoms with van der Waals surface area (Å²) in [7, 11) is 2.41. The van der Waals surface area contributed by atoms with E-state index in [2.05, 4.69) is 22.1 Å². The van der Waals surface area contributed by atoms with Gasteiger partial charge in [-0.25, -0.2) is 14.0 Å². The minimum absolute atomic E-state index is 0.00439. The zero-order valence-electron chi connectivity index (χ0n) is 19.8. The number of nitrogens with one attached hydrogen (secondary N) is 1. The van der Waals surface area contributed by atoms with Crippen molar-refractivity contribution in [1.82, 2.24) is 14.8 Å². The van der Waals surface area contributed by atoms with Crippen LogP contribution in [-0.2, 0) is 27.4 Å². The molecule has 0 aliphatic rings. The Morgan fingerprint density at radius 1 is 1.11 bits per heavy atom. The highest BCUT2D eigenvalue weighted by Crippen LogP contribution is 2.26. The van der Waals surface area contributed by atoms with Gasteiger partial charge in [-0.2, -0.15) is 0 Å². The van der Waals surface area contributed by atoms with Crippen molar-refractivity contribution in [2.24, 2.45) is 0 Å². The van der Waals surface area contributed by atoms with Crippen LogP contribution in [0, 0.1) is 5.82 Å². The molecule has 1 N–H and O–H groups in total. The normalized spacial score (nSPS) is 10.5. The number of amides is 1. The smallest absolute Gasteiger partial charge is 0.337 e. The standard InChI is InChI=1S/C24H22ClFN4O6S/c1-4-7-30-20(12-36-19-6-5-16(26)11-18(19)25)28-29-24(30)37-13-21(31)27-17-9-14(22(32)34-2)8-15(10-17)23(33)35-3/h4-6,8-11H,1,7,12-13H2,2-3H3,(H,27,31). The molecule has 1 amide bonds. The van der Waals surface area contributed by atoms with Crippen LogP contribution in [0.1, 0.15) is 26.5 Å². The van der Waals surface area contributed by atoms with E-state index in [1.807, 2.05) is 0 Å². The number of anilines is 1. The average Bonchev–Trinajstić information content (AvgIpc) is 3.27. The summed E-state index contributed by atoms with van der Waals surface area (Å²) in [5, 5.41) is 11.4. The van der Waals surface area contributed by atoms with Crippen molar-refractivity contribution in [3.05, 3.63) is 76.8 Å². The second-order valence-corrected chi connectivity index (χ2v) is 8.63. The van der Waals surface area contributed by atoms with Crippen LogP contribution in [0.2, 0.25) is 5.02 Å². The van der Waals surface area contributed by atoms with Crippen LogP contribution < -0.4 is 10.1 Å². The molecule has 0 fully saturated rings. The lowest BCUT2D eigenvalue weighted by molar-refractivity contribution is -0.113. The van der Waals surface area contributed by atoms with Crippen molar-refractivity contribution < 1.29 is 33.0 Å². The molecule has 194 valence electrons. The first kappa shape index (κ1) is 27.7. The van der Waals surface area contributed by atoms with Crippen LogP contribution in [-0.4, -0.2) is 52.6 Å². The summed E-state index contributed by atoms with van der Waals surface area (Å²) in [5.74, 6) is -1.60. The molecule has 2 aromatic carbocycles. The SMILES string of the molecule is C=CCn1c(COc2ccc(F)cc2Cl)nnc1SCC(=O)Nc1cc(C(=O)OC)cc(C(=O)OC)c1. The van der Waals surface area contributed by atoms with Crippen molar-refractivity contribution in [1.29, 1.82) is 0 Å². The minimum Gasteiger partial charge on any atom is -0.484 e. The molecule has 37 heavy (non-hydrogen) atoms.